The van der Waals surface area contributed by atoms with Gasteiger partial charge < -0.3 is 13.9 Å². The summed E-state index contributed by atoms with van der Waals surface area (Å²) in [5, 5.41) is 4.75. The van der Waals surface area contributed by atoms with Gasteiger partial charge in [0.25, 0.3) is 0 Å². The average molecular weight is 805 g/mol. The van der Waals surface area contributed by atoms with Gasteiger partial charge in [0.05, 0.1) is 16.7 Å². The number of anilines is 3. The van der Waals surface area contributed by atoms with Gasteiger partial charge in [-0.05, 0) is 106 Å². The van der Waals surface area contributed by atoms with Crippen molar-refractivity contribution in [3.8, 4) is 50.2 Å². The Balaban J connectivity index is 1.02. The first kappa shape index (κ1) is 36.5. The van der Waals surface area contributed by atoms with E-state index in [1.54, 1.807) is 0 Å². The third-order valence-corrected chi connectivity index (χ3v) is 12.4. The fourth-order valence-corrected chi connectivity index (χ4v) is 9.62. The van der Waals surface area contributed by atoms with Crippen LogP contribution in [0.4, 0.5) is 17.1 Å². The molecule has 63 heavy (non-hydrogen) atoms. The second-order valence-corrected chi connectivity index (χ2v) is 16.0. The molecular formula is C60H40N2O. The summed E-state index contributed by atoms with van der Waals surface area (Å²) < 4.78 is 8.67. The molecule has 0 spiro atoms. The number of hydrogen-bond donors (Lipinski definition) is 0. The summed E-state index contributed by atoms with van der Waals surface area (Å²) in [6.45, 7) is 0. The van der Waals surface area contributed by atoms with Crippen LogP contribution in [0.1, 0.15) is 0 Å². The smallest absolute Gasteiger partial charge is 0.136 e. The number of rotatable bonds is 8. The van der Waals surface area contributed by atoms with Crippen molar-refractivity contribution in [2.75, 3.05) is 4.90 Å². The van der Waals surface area contributed by atoms with Crippen LogP contribution in [0.3, 0.4) is 0 Å². The number of hydrogen-bond acceptors (Lipinski definition) is 2. The van der Waals surface area contributed by atoms with E-state index in [4.69, 9.17) is 4.42 Å². The lowest BCUT2D eigenvalue weighted by atomic mass is 9.93. The number of nitrogens with zero attached hydrogens (tertiary/aromatic N) is 2. The van der Waals surface area contributed by atoms with Crippen LogP contribution in [-0.4, -0.2) is 4.57 Å². The van der Waals surface area contributed by atoms with Crippen molar-refractivity contribution in [2.45, 2.75) is 0 Å². The van der Waals surface area contributed by atoms with Crippen LogP contribution in [0.15, 0.2) is 247 Å². The quantitative estimate of drug-likeness (QED) is 0.153. The van der Waals surface area contributed by atoms with Crippen molar-refractivity contribution in [1.29, 1.82) is 0 Å². The molecule has 0 N–H and O–H groups in total. The lowest BCUT2D eigenvalue weighted by Gasteiger charge is -2.29. The first-order valence-electron chi connectivity index (χ1n) is 21.5. The highest BCUT2D eigenvalue weighted by Gasteiger charge is 2.21. The Labute approximate surface area is 366 Å². The molecule has 0 bridgehead atoms. The Bertz CT molecular complexity index is 3600. The highest BCUT2D eigenvalue weighted by atomic mass is 16.3. The summed E-state index contributed by atoms with van der Waals surface area (Å²) in [6, 6.07) is 87.1. The molecule has 0 aliphatic heterocycles. The Morgan fingerprint density at radius 1 is 0.302 bits per heavy atom. The molecule has 0 aliphatic carbocycles. The largest absolute Gasteiger partial charge is 0.456 e. The number of aromatic nitrogens is 1. The fraction of sp³-hybridized carbons (Fsp3) is 0. The Hall–Kier alpha value is -8.40. The lowest BCUT2D eigenvalue weighted by Crippen LogP contribution is -2.11. The van der Waals surface area contributed by atoms with Crippen LogP contribution in [0, 0.1) is 0 Å². The second-order valence-electron chi connectivity index (χ2n) is 16.0. The van der Waals surface area contributed by atoms with E-state index in [0.717, 1.165) is 61.4 Å². The van der Waals surface area contributed by atoms with Gasteiger partial charge >= 0.3 is 0 Å². The molecule has 296 valence electrons. The van der Waals surface area contributed by atoms with E-state index in [0.29, 0.717) is 0 Å². The predicted molar refractivity (Wildman–Crippen MR) is 264 cm³/mol. The number of benzene rings is 10. The number of furan rings is 1. The van der Waals surface area contributed by atoms with Gasteiger partial charge in [0, 0.05) is 44.2 Å². The van der Waals surface area contributed by atoms with E-state index in [1.165, 1.54) is 49.6 Å². The maximum atomic E-state index is 6.29. The normalized spacial score (nSPS) is 11.5. The number of para-hydroxylation sites is 4. The molecule has 2 aromatic heterocycles. The molecule has 12 rings (SSSR count). The first-order valence-corrected chi connectivity index (χ1v) is 21.5. The molecule has 0 aliphatic rings. The minimum atomic E-state index is 0.894. The molecule has 3 nitrogen and oxygen atoms in total. The minimum Gasteiger partial charge on any atom is -0.456 e. The monoisotopic (exact) mass is 804 g/mol. The van der Waals surface area contributed by atoms with Crippen molar-refractivity contribution < 1.29 is 4.42 Å². The summed E-state index contributed by atoms with van der Waals surface area (Å²) in [6.07, 6.45) is 0. The van der Waals surface area contributed by atoms with Gasteiger partial charge in [0.1, 0.15) is 11.2 Å². The van der Waals surface area contributed by atoms with Crippen LogP contribution < -0.4 is 4.90 Å². The van der Waals surface area contributed by atoms with Gasteiger partial charge in [0.15, 0.2) is 0 Å². The van der Waals surface area contributed by atoms with Gasteiger partial charge in [-0.2, -0.15) is 0 Å². The Morgan fingerprint density at radius 2 is 0.794 bits per heavy atom. The zero-order valence-corrected chi connectivity index (χ0v) is 34.4. The van der Waals surface area contributed by atoms with Crippen LogP contribution in [0.25, 0.3) is 93.9 Å². The van der Waals surface area contributed by atoms with Crippen LogP contribution in [0.5, 0.6) is 0 Å². The second kappa shape index (κ2) is 15.3. The lowest BCUT2D eigenvalue weighted by molar-refractivity contribution is 0.669. The van der Waals surface area contributed by atoms with E-state index in [9.17, 15) is 0 Å². The summed E-state index contributed by atoms with van der Waals surface area (Å²) in [5.74, 6) is 0. The minimum absolute atomic E-state index is 0.894. The van der Waals surface area contributed by atoms with Gasteiger partial charge in [-0.25, -0.2) is 0 Å². The van der Waals surface area contributed by atoms with E-state index in [2.05, 4.69) is 240 Å². The highest BCUT2D eigenvalue weighted by Crippen LogP contribution is 2.46. The standard InChI is InChI=1S/C60H40N2O/c1-3-17-41(18-4-1)47-21-7-8-22-50(47)51-23-9-12-28-54(51)61(46-39-35-43(36-40-46)49-27-16-32-58-60(49)53-25-11-14-31-57(53)63-58)45-37-33-42(34-38-45)48-26-15-30-56-59(48)52-24-10-13-29-55(52)62(56)44-19-5-2-6-20-44/h1-40H. The van der Waals surface area contributed by atoms with Crippen molar-refractivity contribution in [2.24, 2.45) is 0 Å². The Kier molecular flexibility index (Phi) is 8.83. The third kappa shape index (κ3) is 6.21. The van der Waals surface area contributed by atoms with Gasteiger partial charge in [-0.3, -0.25) is 0 Å². The third-order valence-electron chi connectivity index (χ3n) is 12.4. The SMILES string of the molecule is c1ccc(-c2ccccc2-c2ccccc2N(c2ccc(-c3cccc4oc5ccccc5c34)cc2)c2ccc(-c3cccc4c3c3ccccc3n4-c3ccccc3)cc2)cc1. The van der Waals surface area contributed by atoms with Crippen molar-refractivity contribution >= 4 is 60.8 Å². The van der Waals surface area contributed by atoms with E-state index in [-0.39, 0.29) is 0 Å². The molecule has 0 radical (unpaired) electrons. The zero-order valence-electron chi connectivity index (χ0n) is 34.4. The zero-order chi connectivity index (χ0) is 41.7. The average Bonchev–Trinajstić information content (AvgIpc) is 3.92. The van der Waals surface area contributed by atoms with Crippen molar-refractivity contribution in [3.05, 3.63) is 243 Å². The molecular weight excluding hydrogens is 765 g/mol. The molecule has 0 saturated heterocycles. The van der Waals surface area contributed by atoms with Crippen molar-refractivity contribution in [3.63, 3.8) is 0 Å². The molecule has 10 aromatic carbocycles. The first-order chi connectivity index (χ1) is 31.3. The molecule has 2 heterocycles. The molecule has 3 heteroatoms. The fourth-order valence-electron chi connectivity index (χ4n) is 9.62. The van der Waals surface area contributed by atoms with Gasteiger partial charge in [-0.1, -0.05) is 176 Å². The molecule has 0 unspecified atom stereocenters. The maximum Gasteiger partial charge on any atom is 0.136 e. The van der Waals surface area contributed by atoms with E-state index in [1.807, 2.05) is 12.1 Å². The predicted octanol–water partition coefficient (Wildman–Crippen LogP) is 16.8. The van der Waals surface area contributed by atoms with Crippen LogP contribution in [0.2, 0.25) is 0 Å². The van der Waals surface area contributed by atoms with Crippen LogP contribution >= 0.6 is 0 Å². The molecule has 12 aromatic rings. The highest BCUT2D eigenvalue weighted by molar-refractivity contribution is 6.16. The summed E-state index contributed by atoms with van der Waals surface area (Å²) >= 11 is 0. The molecule has 0 saturated carbocycles. The molecule has 0 amide bonds. The number of fused-ring (bicyclic) bond motifs is 6. The van der Waals surface area contributed by atoms with Gasteiger partial charge in [-0.15, -0.1) is 0 Å². The summed E-state index contributed by atoms with van der Waals surface area (Å²) in [4.78, 5) is 2.40. The van der Waals surface area contributed by atoms with Crippen molar-refractivity contribution in [1.82, 2.24) is 4.57 Å². The summed E-state index contributed by atoms with van der Waals surface area (Å²) in [5.41, 5.74) is 17.9. The van der Waals surface area contributed by atoms with E-state index < -0.39 is 0 Å². The summed E-state index contributed by atoms with van der Waals surface area (Å²) in [7, 11) is 0. The molecule has 0 atom stereocenters. The Morgan fingerprint density at radius 3 is 1.52 bits per heavy atom. The van der Waals surface area contributed by atoms with Gasteiger partial charge in [0.2, 0.25) is 0 Å². The van der Waals surface area contributed by atoms with E-state index >= 15 is 0 Å². The topological polar surface area (TPSA) is 21.3 Å². The molecule has 0 fully saturated rings. The maximum absolute atomic E-state index is 6.29. The van der Waals surface area contributed by atoms with Crippen LogP contribution in [-0.2, 0) is 0 Å².